The van der Waals surface area contributed by atoms with Gasteiger partial charge in [-0.15, -0.1) is 5.06 Å². The number of Topliss-reactive ketones (excluding diaryl/α,β-unsaturated/α-hetero) is 1. The van der Waals surface area contributed by atoms with Gasteiger partial charge in [-0.05, 0) is 13.0 Å². The van der Waals surface area contributed by atoms with E-state index in [-0.39, 0.29) is 99.7 Å². The number of imide groups is 1. The number of hydrogen-bond donors (Lipinski definition) is 6. The van der Waals surface area contributed by atoms with Crippen molar-refractivity contribution in [1.82, 2.24) is 10.4 Å². The number of ketones is 3. The van der Waals surface area contributed by atoms with Gasteiger partial charge in [-0.3, -0.25) is 28.8 Å². The zero-order chi connectivity index (χ0) is 53.4. The number of phenols is 2. The van der Waals surface area contributed by atoms with Crippen molar-refractivity contribution in [3.8, 4) is 17.2 Å². The molecule has 74 heavy (non-hydrogen) atoms. The average Bonchev–Trinajstić information content (AvgIpc) is 3.69. The molecule has 0 bridgehead atoms. The van der Waals surface area contributed by atoms with Gasteiger partial charge in [-0.2, -0.15) is 0 Å². The van der Waals surface area contributed by atoms with Crippen LogP contribution >= 0.6 is 0 Å². The fourth-order valence-electron chi connectivity index (χ4n) is 8.68. The first-order valence-corrected chi connectivity index (χ1v) is 24.2. The van der Waals surface area contributed by atoms with E-state index in [0.717, 1.165) is 0 Å². The van der Waals surface area contributed by atoms with Crippen LogP contribution in [0.2, 0.25) is 0 Å². The third kappa shape index (κ3) is 14.6. The van der Waals surface area contributed by atoms with E-state index in [4.69, 9.17) is 52.2 Å². The Labute approximate surface area is 425 Å². The Morgan fingerprint density at radius 1 is 0.743 bits per heavy atom. The van der Waals surface area contributed by atoms with Gasteiger partial charge in [0, 0.05) is 55.2 Å². The van der Waals surface area contributed by atoms with Crippen molar-refractivity contribution in [3.05, 3.63) is 51.6 Å². The number of aliphatic hydroxyl groups excluding tert-OH is 2. The molecule has 2 aromatic rings. The van der Waals surface area contributed by atoms with Gasteiger partial charge in [0.1, 0.15) is 35.6 Å². The van der Waals surface area contributed by atoms with Crippen LogP contribution in [0.5, 0.6) is 17.2 Å². The lowest BCUT2D eigenvalue weighted by Crippen LogP contribution is -2.56. The molecule has 6 N–H and O–H groups in total. The summed E-state index contributed by atoms with van der Waals surface area (Å²) in [5.74, 6) is -6.42. The van der Waals surface area contributed by atoms with Crippen LogP contribution in [0.3, 0.4) is 0 Å². The first-order chi connectivity index (χ1) is 35.6. The topological polar surface area (TPSA) is 337 Å². The summed E-state index contributed by atoms with van der Waals surface area (Å²) in [5, 5.41) is 59.0. The lowest BCUT2D eigenvalue weighted by molar-refractivity contribution is -0.249. The smallest absolute Gasteiger partial charge is 0.335 e. The van der Waals surface area contributed by atoms with E-state index in [2.05, 4.69) is 5.32 Å². The molecule has 2 aromatic carbocycles. The lowest BCUT2D eigenvalue weighted by Gasteiger charge is -2.43. The van der Waals surface area contributed by atoms with Gasteiger partial charge in [0.05, 0.1) is 141 Å². The minimum absolute atomic E-state index is 0.0279. The van der Waals surface area contributed by atoms with Crippen LogP contribution in [-0.4, -0.2) is 208 Å². The number of aromatic hydroxyl groups is 2. The number of fused-ring (bicyclic) bond motifs is 3. The molecule has 0 saturated carbocycles. The summed E-state index contributed by atoms with van der Waals surface area (Å²) in [5.41, 5.74) is -4.13. The van der Waals surface area contributed by atoms with E-state index in [9.17, 15) is 59.1 Å². The normalized spacial score (nSPS) is 22.3. The van der Waals surface area contributed by atoms with Crippen molar-refractivity contribution in [1.29, 1.82) is 0 Å². The molecule has 6 rings (SSSR count). The van der Waals surface area contributed by atoms with Gasteiger partial charge in [0.15, 0.2) is 17.9 Å². The molecule has 0 spiro atoms. The van der Waals surface area contributed by atoms with E-state index in [1.54, 1.807) is 0 Å². The van der Waals surface area contributed by atoms with Crippen LogP contribution in [0.4, 0.5) is 0 Å². The van der Waals surface area contributed by atoms with E-state index in [1.165, 1.54) is 32.2 Å². The molecule has 2 saturated heterocycles. The summed E-state index contributed by atoms with van der Waals surface area (Å²) in [6.45, 7) is 4.15. The Morgan fingerprint density at radius 2 is 1.27 bits per heavy atom. The van der Waals surface area contributed by atoms with E-state index in [1.807, 2.05) is 0 Å². The van der Waals surface area contributed by atoms with Crippen LogP contribution in [0.1, 0.15) is 94.5 Å². The van der Waals surface area contributed by atoms with Crippen molar-refractivity contribution < 1.29 is 111 Å². The molecule has 2 heterocycles. The van der Waals surface area contributed by atoms with Crippen molar-refractivity contribution >= 4 is 41.0 Å². The van der Waals surface area contributed by atoms with Crippen molar-refractivity contribution in [3.63, 3.8) is 0 Å². The number of benzene rings is 2. The molecular weight excluding hydrogens is 985 g/mol. The van der Waals surface area contributed by atoms with Crippen molar-refractivity contribution in [2.24, 2.45) is 0 Å². The van der Waals surface area contributed by atoms with Gasteiger partial charge in [-0.25, -0.2) is 4.79 Å². The summed E-state index contributed by atoms with van der Waals surface area (Å²) in [4.78, 5) is 93.1. The molecule has 4 unspecified atom stereocenters. The van der Waals surface area contributed by atoms with E-state index in [0.29, 0.717) is 57.9 Å². The fraction of sp³-hybridized carbons (Fsp3) is 0.612. The Balaban J connectivity index is 0.826. The van der Waals surface area contributed by atoms with Gasteiger partial charge < -0.3 is 83.1 Å². The Kier molecular flexibility index (Phi) is 21.7. The number of ether oxygens (including phenoxy) is 10. The summed E-state index contributed by atoms with van der Waals surface area (Å²) in [6, 6.07) is 3.37. The third-order valence-corrected chi connectivity index (χ3v) is 12.5. The molecule has 2 fully saturated rings. The second-order valence-electron chi connectivity index (χ2n) is 17.5. The molecule has 0 radical (unpaired) electrons. The summed E-state index contributed by atoms with van der Waals surface area (Å²) in [7, 11) is 1.30. The monoisotopic (exact) mass is 1050 g/mol. The summed E-state index contributed by atoms with van der Waals surface area (Å²) >= 11 is 0. The second-order valence-corrected chi connectivity index (χ2v) is 17.5. The van der Waals surface area contributed by atoms with Gasteiger partial charge in [0.25, 0.3) is 11.8 Å². The number of hydroxylamine groups is 2. The third-order valence-electron chi connectivity index (χ3n) is 12.5. The standard InChI is InChI=1S/C49H64N2O23/c1-28-44(58)31(50-35(54)8-10-65-12-14-67-16-18-69-20-22-71-23-21-70-19-17-68-15-13-66-11-9-38(57)74-51-36(55)6-7-37(51)56)24-39(72-28)73-33-26-49(63,34(53)27-52)25-30-41(33)48(62)43-42(46(30)60)45(59)29-4-3-5-32(64-2)40(29)47(43)61/h3-5,28,31,33,39,44,52,58,60,62-63H,6-27H2,1-2H3,(H,50,54)/t28?,31?,33-,39?,44?,49-/m0/s1. The van der Waals surface area contributed by atoms with Gasteiger partial charge >= 0.3 is 5.97 Å². The maximum Gasteiger partial charge on any atom is 0.335 e. The zero-order valence-corrected chi connectivity index (χ0v) is 41.2. The summed E-state index contributed by atoms with van der Waals surface area (Å²) < 4.78 is 55.6. The predicted molar refractivity (Wildman–Crippen MR) is 248 cm³/mol. The quantitative estimate of drug-likeness (QED) is 0.0273. The number of rotatable bonds is 31. The molecule has 2 aliphatic carbocycles. The molecular formula is C49H64N2O23. The number of hydrogen-bond acceptors (Lipinski definition) is 23. The van der Waals surface area contributed by atoms with E-state index >= 15 is 0 Å². The molecule has 2 aliphatic heterocycles. The van der Waals surface area contributed by atoms with Crippen LogP contribution in [0.25, 0.3) is 0 Å². The first-order valence-electron chi connectivity index (χ1n) is 24.2. The first kappa shape index (κ1) is 57.7. The SMILES string of the molecule is COc1cccc2c1C(=O)c1c(O)c3c(c(O)c1C2=O)C[C@@](O)(C(=O)CO)C[C@@H]3OC1CC(NC(=O)CCOCCOCCOCCOCCOCCOCCOCCC(=O)ON2C(=O)CCC2=O)C(O)C(C)O1. The highest BCUT2D eigenvalue weighted by Crippen LogP contribution is 2.52. The molecule has 3 amide bonds. The van der Waals surface area contributed by atoms with Crippen LogP contribution in [0.15, 0.2) is 18.2 Å². The van der Waals surface area contributed by atoms with Crippen molar-refractivity contribution in [2.45, 2.75) is 88.1 Å². The number of aliphatic hydroxyl groups is 3. The lowest BCUT2D eigenvalue weighted by atomic mass is 9.72. The highest BCUT2D eigenvalue weighted by atomic mass is 16.7. The number of carbonyl (C=O) groups is 7. The van der Waals surface area contributed by atoms with E-state index < -0.39 is 119 Å². The predicted octanol–water partition coefficient (Wildman–Crippen LogP) is -0.338. The highest BCUT2D eigenvalue weighted by molar-refractivity contribution is 6.31. The van der Waals surface area contributed by atoms with Crippen molar-refractivity contribution in [2.75, 3.05) is 106 Å². The summed E-state index contributed by atoms with van der Waals surface area (Å²) in [6.07, 6.45) is -6.39. The Bertz CT molecular complexity index is 2310. The number of carbonyl (C=O) groups excluding carboxylic acids is 7. The maximum atomic E-state index is 14.0. The molecule has 6 atom stereocenters. The number of nitrogens with zero attached hydrogens (tertiary/aromatic N) is 1. The van der Waals surface area contributed by atoms with Gasteiger partial charge in [0.2, 0.25) is 11.7 Å². The minimum Gasteiger partial charge on any atom is -0.507 e. The second kappa shape index (κ2) is 27.8. The van der Waals surface area contributed by atoms with Gasteiger partial charge in [-0.1, -0.05) is 12.1 Å². The highest BCUT2D eigenvalue weighted by Gasteiger charge is 2.50. The van der Waals surface area contributed by atoms with Crippen LogP contribution in [-0.2, 0) is 77.9 Å². The molecule has 25 heteroatoms. The number of phenolic OH excluding ortho intramolecular Hbond substituents is 2. The molecule has 0 aromatic heterocycles. The maximum absolute atomic E-state index is 14.0. The van der Waals surface area contributed by atoms with Crippen LogP contribution < -0.4 is 10.1 Å². The Hall–Kier alpha value is -5.55. The number of nitrogens with one attached hydrogen (secondary N) is 1. The van der Waals surface area contributed by atoms with Crippen LogP contribution in [0, 0.1) is 0 Å². The molecule has 408 valence electrons. The number of methoxy groups -OCH3 is 1. The Morgan fingerprint density at radius 3 is 1.81 bits per heavy atom. The molecule has 25 nitrogen and oxygen atoms in total. The average molecular weight is 1050 g/mol. The zero-order valence-electron chi connectivity index (χ0n) is 41.2. The fourth-order valence-corrected chi connectivity index (χ4v) is 8.68. The minimum atomic E-state index is -2.36. The molecule has 4 aliphatic rings. The largest absolute Gasteiger partial charge is 0.507 e. The number of amides is 3.